The molecule has 17 heavy (non-hydrogen) atoms. The largest absolute Gasteiger partial charge is 0.392 e. The highest BCUT2D eigenvalue weighted by Crippen LogP contribution is 2.21. The summed E-state index contributed by atoms with van der Waals surface area (Å²) in [5, 5.41) is 4.98. The van der Waals surface area contributed by atoms with E-state index in [1.54, 1.807) is 7.11 Å². The van der Waals surface area contributed by atoms with Crippen LogP contribution < -0.4 is 16.4 Å². The molecule has 2 atom stereocenters. The highest BCUT2D eigenvalue weighted by atomic mass is 32.1. The molecule has 0 aromatic heterocycles. The van der Waals surface area contributed by atoms with Crippen molar-refractivity contribution < 1.29 is 14.3 Å². The van der Waals surface area contributed by atoms with E-state index < -0.39 is 11.8 Å². The van der Waals surface area contributed by atoms with Gasteiger partial charge in [-0.05, 0) is 19.3 Å². The molecule has 1 rings (SSSR count). The Labute approximate surface area is 105 Å². The molecule has 7 heteroatoms. The lowest BCUT2D eigenvalue weighted by molar-refractivity contribution is -0.139. The average molecular weight is 259 g/mol. The van der Waals surface area contributed by atoms with Gasteiger partial charge in [-0.1, -0.05) is 12.2 Å². The van der Waals surface area contributed by atoms with Crippen LogP contribution in [0.15, 0.2) is 0 Å². The fourth-order valence-electron chi connectivity index (χ4n) is 1.78. The van der Waals surface area contributed by atoms with Gasteiger partial charge >= 0.3 is 11.8 Å². The molecule has 0 heterocycles. The van der Waals surface area contributed by atoms with E-state index in [4.69, 9.17) is 10.5 Å². The van der Waals surface area contributed by atoms with Crippen LogP contribution in [0, 0.1) is 0 Å². The number of ether oxygens (including phenoxy) is 1. The van der Waals surface area contributed by atoms with E-state index in [0.717, 1.165) is 19.3 Å². The molecule has 0 spiro atoms. The first-order chi connectivity index (χ1) is 8.02. The van der Waals surface area contributed by atoms with Crippen molar-refractivity contribution >= 4 is 29.0 Å². The smallest absolute Gasteiger partial charge is 0.309 e. The molecular weight excluding hydrogens is 242 g/mol. The minimum atomic E-state index is -0.710. The van der Waals surface area contributed by atoms with Gasteiger partial charge in [0.25, 0.3) is 0 Å². The van der Waals surface area contributed by atoms with Crippen LogP contribution in [0.1, 0.15) is 19.3 Å². The summed E-state index contributed by atoms with van der Waals surface area (Å²) in [5.41, 5.74) is 5.21. The second kappa shape index (κ2) is 6.51. The van der Waals surface area contributed by atoms with Gasteiger partial charge in [-0.3, -0.25) is 9.59 Å². The van der Waals surface area contributed by atoms with E-state index in [0.29, 0.717) is 0 Å². The van der Waals surface area contributed by atoms with Crippen LogP contribution in [0.25, 0.3) is 0 Å². The summed E-state index contributed by atoms with van der Waals surface area (Å²) in [6, 6.07) is 0.00280. The molecule has 0 radical (unpaired) electrons. The maximum Gasteiger partial charge on any atom is 0.309 e. The Morgan fingerprint density at radius 2 is 2.12 bits per heavy atom. The Kier molecular flexibility index (Phi) is 5.30. The summed E-state index contributed by atoms with van der Waals surface area (Å²) in [6.45, 7) is 0.0347. The van der Waals surface area contributed by atoms with Gasteiger partial charge in [0.1, 0.15) is 0 Å². The van der Waals surface area contributed by atoms with Gasteiger partial charge in [-0.2, -0.15) is 0 Å². The number of thiocarbonyl (C=S) groups is 1. The number of methoxy groups -OCH3 is 1. The number of hydrogen-bond acceptors (Lipinski definition) is 4. The van der Waals surface area contributed by atoms with Gasteiger partial charge in [0.05, 0.1) is 17.6 Å². The molecule has 2 unspecified atom stereocenters. The second-order valence-corrected chi connectivity index (χ2v) is 4.51. The molecule has 0 saturated heterocycles. The third-order valence-electron chi connectivity index (χ3n) is 2.68. The SMILES string of the molecule is COC1CCC(NC(=O)C(=O)NCC(N)=S)C1. The molecule has 2 amide bonds. The molecule has 0 aliphatic heterocycles. The third kappa shape index (κ3) is 4.66. The second-order valence-electron chi connectivity index (χ2n) is 3.99. The Morgan fingerprint density at radius 1 is 1.41 bits per heavy atom. The van der Waals surface area contributed by atoms with Gasteiger partial charge in [-0.15, -0.1) is 0 Å². The number of rotatable bonds is 4. The lowest BCUT2D eigenvalue weighted by Crippen LogP contribution is -2.45. The van der Waals surface area contributed by atoms with E-state index in [1.807, 2.05) is 0 Å². The molecule has 0 aromatic carbocycles. The zero-order valence-corrected chi connectivity index (χ0v) is 10.5. The maximum absolute atomic E-state index is 11.5. The maximum atomic E-state index is 11.5. The molecular formula is C10H17N3O3S. The highest BCUT2D eigenvalue weighted by molar-refractivity contribution is 7.80. The van der Waals surface area contributed by atoms with Crippen LogP contribution in [0.2, 0.25) is 0 Å². The zero-order valence-electron chi connectivity index (χ0n) is 9.69. The Hall–Kier alpha value is -1.21. The Bertz CT molecular complexity index is 322. The van der Waals surface area contributed by atoms with E-state index in [2.05, 4.69) is 22.9 Å². The fraction of sp³-hybridized carbons (Fsp3) is 0.700. The van der Waals surface area contributed by atoms with Crippen molar-refractivity contribution in [3.05, 3.63) is 0 Å². The number of nitrogens with two attached hydrogens (primary N) is 1. The van der Waals surface area contributed by atoms with Crippen molar-refractivity contribution in [2.75, 3.05) is 13.7 Å². The van der Waals surface area contributed by atoms with E-state index in [-0.39, 0.29) is 23.7 Å². The van der Waals surface area contributed by atoms with E-state index >= 15 is 0 Å². The summed E-state index contributed by atoms with van der Waals surface area (Å²) in [4.78, 5) is 22.9. The molecule has 0 aromatic rings. The van der Waals surface area contributed by atoms with Crippen molar-refractivity contribution in [2.24, 2.45) is 5.73 Å². The van der Waals surface area contributed by atoms with Crippen molar-refractivity contribution in [3.8, 4) is 0 Å². The first-order valence-corrected chi connectivity index (χ1v) is 5.83. The monoisotopic (exact) mass is 259 g/mol. The summed E-state index contributed by atoms with van der Waals surface area (Å²) >= 11 is 4.59. The molecule has 4 N–H and O–H groups in total. The minimum absolute atomic E-state index is 0.00280. The quantitative estimate of drug-likeness (QED) is 0.448. The van der Waals surface area contributed by atoms with Crippen molar-refractivity contribution in [2.45, 2.75) is 31.4 Å². The molecule has 1 aliphatic rings. The molecule has 1 fully saturated rings. The predicted octanol–water partition coefficient (Wildman–Crippen LogP) is -0.928. The first kappa shape index (κ1) is 13.9. The first-order valence-electron chi connectivity index (χ1n) is 5.42. The average Bonchev–Trinajstić information content (AvgIpc) is 2.73. The minimum Gasteiger partial charge on any atom is -0.392 e. The van der Waals surface area contributed by atoms with Gasteiger partial charge in [0, 0.05) is 13.2 Å². The van der Waals surface area contributed by atoms with Gasteiger partial charge in [0.15, 0.2) is 0 Å². The van der Waals surface area contributed by atoms with Crippen LogP contribution in [-0.4, -0.2) is 42.6 Å². The van der Waals surface area contributed by atoms with Crippen molar-refractivity contribution in [1.29, 1.82) is 0 Å². The van der Waals surface area contributed by atoms with E-state index in [9.17, 15) is 9.59 Å². The normalized spacial score (nSPS) is 23.1. The molecule has 1 aliphatic carbocycles. The number of amides is 2. The number of hydrogen-bond donors (Lipinski definition) is 3. The molecule has 96 valence electrons. The van der Waals surface area contributed by atoms with Crippen LogP contribution in [0.5, 0.6) is 0 Å². The van der Waals surface area contributed by atoms with Crippen LogP contribution in [-0.2, 0) is 14.3 Å². The summed E-state index contributed by atoms with van der Waals surface area (Å²) in [7, 11) is 1.64. The summed E-state index contributed by atoms with van der Waals surface area (Å²) in [5.74, 6) is -1.36. The van der Waals surface area contributed by atoms with Gasteiger partial charge in [-0.25, -0.2) is 0 Å². The number of carbonyl (C=O) groups is 2. The van der Waals surface area contributed by atoms with Crippen LogP contribution >= 0.6 is 12.2 Å². The van der Waals surface area contributed by atoms with Crippen molar-refractivity contribution in [3.63, 3.8) is 0 Å². The zero-order chi connectivity index (χ0) is 12.8. The standard InChI is InChI=1S/C10H17N3O3S/c1-16-7-3-2-6(4-7)13-10(15)9(14)12-5-8(11)17/h6-7H,2-5H2,1H3,(H2,11,17)(H,12,14)(H,13,15). The third-order valence-corrected chi connectivity index (χ3v) is 2.83. The van der Waals surface area contributed by atoms with E-state index in [1.165, 1.54) is 0 Å². The van der Waals surface area contributed by atoms with Gasteiger partial charge < -0.3 is 21.1 Å². The number of carbonyl (C=O) groups excluding carboxylic acids is 2. The Balaban J connectivity index is 2.29. The molecule has 0 bridgehead atoms. The Morgan fingerprint density at radius 3 is 2.65 bits per heavy atom. The predicted molar refractivity (Wildman–Crippen MR) is 66.4 cm³/mol. The molecule has 1 saturated carbocycles. The van der Waals surface area contributed by atoms with Crippen LogP contribution in [0.3, 0.4) is 0 Å². The molecule has 6 nitrogen and oxygen atoms in total. The lowest BCUT2D eigenvalue weighted by Gasteiger charge is -2.12. The fourth-order valence-corrected chi connectivity index (χ4v) is 1.86. The highest BCUT2D eigenvalue weighted by Gasteiger charge is 2.27. The topological polar surface area (TPSA) is 93.4 Å². The van der Waals surface area contributed by atoms with Crippen molar-refractivity contribution in [1.82, 2.24) is 10.6 Å². The van der Waals surface area contributed by atoms with Gasteiger partial charge in [0.2, 0.25) is 0 Å². The van der Waals surface area contributed by atoms with Crippen LogP contribution in [0.4, 0.5) is 0 Å². The summed E-state index contributed by atoms with van der Waals surface area (Å²) < 4.78 is 5.18. The summed E-state index contributed by atoms with van der Waals surface area (Å²) in [6.07, 6.45) is 2.63. The lowest BCUT2D eigenvalue weighted by atomic mass is 10.2. The number of nitrogens with one attached hydrogen (secondary N) is 2.